The Bertz CT molecular complexity index is 389. The van der Waals surface area contributed by atoms with Crippen LogP contribution in [0, 0.1) is 5.82 Å². The van der Waals surface area contributed by atoms with Gasteiger partial charge in [0, 0.05) is 12.5 Å². The van der Waals surface area contributed by atoms with Crippen molar-refractivity contribution in [2.45, 2.75) is 64.2 Å². The minimum Gasteiger partial charge on any atom is -0.382 e. The zero-order chi connectivity index (χ0) is 13.5. The van der Waals surface area contributed by atoms with Gasteiger partial charge in [-0.05, 0) is 18.1 Å². The molecule has 0 fully saturated rings. The lowest BCUT2D eigenvalue weighted by molar-refractivity contribution is 0.548. The molecule has 0 saturated carbocycles. The summed E-state index contributed by atoms with van der Waals surface area (Å²) >= 11 is 0. The lowest BCUT2D eigenvalue weighted by Gasteiger charge is -2.09. The van der Waals surface area contributed by atoms with E-state index in [1.807, 2.05) is 6.07 Å². The van der Waals surface area contributed by atoms with Crippen molar-refractivity contribution in [1.29, 1.82) is 0 Å². The molecule has 0 radical (unpaired) electrons. The first kappa shape index (κ1) is 14.4. The molecule has 1 aromatic rings. The summed E-state index contributed by atoms with van der Waals surface area (Å²) in [6, 6.07) is 5.45. The van der Waals surface area contributed by atoms with Crippen molar-refractivity contribution in [3.63, 3.8) is 0 Å². The van der Waals surface area contributed by atoms with Gasteiger partial charge in [-0.3, -0.25) is 0 Å². The number of fused-ring (bicyclic) bond motifs is 1. The van der Waals surface area contributed by atoms with Gasteiger partial charge in [-0.25, -0.2) is 4.39 Å². The molecular weight excluding hydrogens is 237 g/mol. The third kappa shape index (κ3) is 3.95. The molecule has 0 aliphatic carbocycles. The van der Waals surface area contributed by atoms with E-state index in [0.29, 0.717) is 5.92 Å². The minimum absolute atomic E-state index is 0.0976. The van der Waals surface area contributed by atoms with E-state index in [0.717, 1.165) is 12.2 Å². The second-order valence-corrected chi connectivity index (χ2v) is 5.69. The first-order chi connectivity index (χ1) is 9.33. The predicted octanol–water partition coefficient (Wildman–Crippen LogP) is 5.48. The zero-order valence-corrected chi connectivity index (χ0v) is 12.1. The van der Waals surface area contributed by atoms with Crippen molar-refractivity contribution in [2.75, 3.05) is 11.9 Å². The Morgan fingerprint density at radius 3 is 2.63 bits per heavy atom. The molecule has 2 heteroatoms. The van der Waals surface area contributed by atoms with Crippen molar-refractivity contribution >= 4 is 5.69 Å². The fourth-order valence-electron chi connectivity index (χ4n) is 3.01. The van der Waals surface area contributed by atoms with Gasteiger partial charge in [0.05, 0.1) is 5.69 Å². The van der Waals surface area contributed by atoms with Crippen molar-refractivity contribution in [2.24, 2.45) is 0 Å². The van der Waals surface area contributed by atoms with E-state index in [2.05, 4.69) is 18.3 Å². The molecule has 1 atom stereocenters. The van der Waals surface area contributed by atoms with E-state index >= 15 is 0 Å². The molecule has 106 valence electrons. The molecule has 0 saturated heterocycles. The molecule has 0 aromatic heterocycles. The Morgan fingerprint density at radius 1 is 1.11 bits per heavy atom. The average molecular weight is 263 g/mol. The molecule has 1 aliphatic rings. The van der Waals surface area contributed by atoms with Gasteiger partial charge in [-0.2, -0.15) is 0 Å². The van der Waals surface area contributed by atoms with Crippen LogP contribution in [0.5, 0.6) is 0 Å². The maximum atomic E-state index is 13.6. The number of hydrogen-bond donors (Lipinski definition) is 1. The van der Waals surface area contributed by atoms with Gasteiger partial charge in [-0.15, -0.1) is 0 Å². The third-order valence-corrected chi connectivity index (χ3v) is 4.17. The highest BCUT2D eigenvalue weighted by Gasteiger charge is 2.23. The molecule has 1 unspecified atom stereocenters. The van der Waals surface area contributed by atoms with E-state index < -0.39 is 0 Å². The normalized spacial score (nSPS) is 17.3. The molecule has 0 spiro atoms. The van der Waals surface area contributed by atoms with Crippen molar-refractivity contribution in [3.05, 3.63) is 29.6 Å². The van der Waals surface area contributed by atoms with Gasteiger partial charge >= 0.3 is 0 Å². The quantitative estimate of drug-likeness (QED) is 0.613. The fourth-order valence-corrected chi connectivity index (χ4v) is 3.01. The second kappa shape index (κ2) is 7.52. The highest BCUT2D eigenvalue weighted by molar-refractivity contribution is 5.58. The van der Waals surface area contributed by atoms with Crippen LogP contribution in [0.2, 0.25) is 0 Å². The number of benzene rings is 1. The number of halogens is 1. The fraction of sp³-hybridized carbons (Fsp3) is 0.647. The van der Waals surface area contributed by atoms with E-state index in [4.69, 9.17) is 0 Å². The average Bonchev–Trinajstić information content (AvgIpc) is 2.83. The van der Waals surface area contributed by atoms with Crippen molar-refractivity contribution < 1.29 is 4.39 Å². The van der Waals surface area contributed by atoms with Crippen LogP contribution >= 0.6 is 0 Å². The lowest BCUT2D eigenvalue weighted by atomic mass is 9.94. The Morgan fingerprint density at radius 2 is 1.84 bits per heavy atom. The van der Waals surface area contributed by atoms with E-state index in [1.165, 1.54) is 56.9 Å². The molecule has 0 amide bonds. The molecule has 1 N–H and O–H groups in total. The summed E-state index contributed by atoms with van der Waals surface area (Å²) in [4.78, 5) is 0. The molecule has 2 rings (SSSR count). The van der Waals surface area contributed by atoms with Crippen LogP contribution in [0.3, 0.4) is 0 Å². The van der Waals surface area contributed by atoms with Gasteiger partial charge in [0.2, 0.25) is 0 Å². The van der Waals surface area contributed by atoms with Gasteiger partial charge in [0.1, 0.15) is 5.82 Å². The van der Waals surface area contributed by atoms with Crippen LogP contribution in [0.1, 0.15) is 69.8 Å². The van der Waals surface area contributed by atoms with Gasteiger partial charge in [0.25, 0.3) is 0 Å². The van der Waals surface area contributed by atoms with Gasteiger partial charge in [0.15, 0.2) is 0 Å². The standard InChI is InChI=1S/C17H26FN/c1-2-3-4-5-6-7-8-10-14-13-19-17-15(14)11-9-12-16(17)18/h9,11-12,14,19H,2-8,10,13H2,1H3. The molecule has 1 aromatic carbocycles. The number of hydrogen-bond acceptors (Lipinski definition) is 1. The Balaban J connectivity index is 1.67. The summed E-state index contributed by atoms with van der Waals surface area (Å²) in [6.07, 6.45) is 10.6. The van der Waals surface area contributed by atoms with Crippen LogP contribution in [-0.4, -0.2) is 6.54 Å². The van der Waals surface area contributed by atoms with Crippen LogP contribution in [0.4, 0.5) is 10.1 Å². The monoisotopic (exact) mass is 263 g/mol. The van der Waals surface area contributed by atoms with Crippen LogP contribution in [0.15, 0.2) is 18.2 Å². The number of rotatable bonds is 8. The van der Waals surface area contributed by atoms with Crippen molar-refractivity contribution in [3.8, 4) is 0 Å². The third-order valence-electron chi connectivity index (χ3n) is 4.17. The zero-order valence-electron chi connectivity index (χ0n) is 12.1. The second-order valence-electron chi connectivity index (χ2n) is 5.69. The Hall–Kier alpha value is -1.05. The molecule has 19 heavy (non-hydrogen) atoms. The van der Waals surface area contributed by atoms with E-state index in [9.17, 15) is 4.39 Å². The smallest absolute Gasteiger partial charge is 0.146 e. The summed E-state index contributed by atoms with van der Waals surface area (Å²) in [6.45, 7) is 3.16. The van der Waals surface area contributed by atoms with Crippen LogP contribution in [0.25, 0.3) is 0 Å². The molecule has 0 bridgehead atoms. The summed E-state index contributed by atoms with van der Waals surface area (Å²) in [7, 11) is 0. The SMILES string of the molecule is CCCCCCCCCC1CNc2c(F)cccc21. The van der Waals surface area contributed by atoms with E-state index in [-0.39, 0.29) is 5.82 Å². The largest absolute Gasteiger partial charge is 0.382 e. The molecule has 1 aliphatic heterocycles. The van der Waals surface area contributed by atoms with Crippen LogP contribution < -0.4 is 5.32 Å². The maximum absolute atomic E-state index is 13.6. The van der Waals surface area contributed by atoms with Crippen LogP contribution in [-0.2, 0) is 0 Å². The lowest BCUT2D eigenvalue weighted by Crippen LogP contribution is -2.01. The highest BCUT2D eigenvalue weighted by Crippen LogP contribution is 2.36. The van der Waals surface area contributed by atoms with Gasteiger partial charge in [-0.1, -0.05) is 64.0 Å². The first-order valence-electron chi connectivity index (χ1n) is 7.85. The summed E-state index contributed by atoms with van der Waals surface area (Å²) in [5, 5.41) is 3.21. The topological polar surface area (TPSA) is 12.0 Å². The summed E-state index contributed by atoms with van der Waals surface area (Å²) in [5.74, 6) is 0.418. The molecule has 1 heterocycles. The van der Waals surface area contributed by atoms with Crippen molar-refractivity contribution in [1.82, 2.24) is 0 Å². The number of unbranched alkanes of at least 4 members (excludes halogenated alkanes) is 6. The predicted molar refractivity (Wildman–Crippen MR) is 80.2 cm³/mol. The number of nitrogens with one attached hydrogen (secondary N) is 1. The summed E-state index contributed by atoms with van der Waals surface area (Å²) in [5.41, 5.74) is 1.93. The number of anilines is 1. The maximum Gasteiger partial charge on any atom is 0.146 e. The minimum atomic E-state index is -0.0976. The Kier molecular flexibility index (Phi) is 5.68. The molecular formula is C17H26FN. The Labute approximate surface area is 116 Å². The van der Waals surface area contributed by atoms with E-state index in [1.54, 1.807) is 6.07 Å². The number of para-hydroxylation sites is 1. The molecule has 1 nitrogen and oxygen atoms in total. The first-order valence-corrected chi connectivity index (χ1v) is 7.85. The van der Waals surface area contributed by atoms with Gasteiger partial charge < -0.3 is 5.32 Å². The summed E-state index contributed by atoms with van der Waals surface area (Å²) < 4.78 is 13.6. The highest BCUT2D eigenvalue weighted by atomic mass is 19.1.